The fraction of sp³-hybridized carbons (Fsp3) is 0.0526. The van der Waals surface area contributed by atoms with Crippen LogP contribution in [0, 0.1) is 18.3 Å². The molecule has 0 aliphatic carbocycles. The number of nitrogens with one attached hydrogen (secondary N) is 2. The smallest absolute Gasteiger partial charge is 0.125 e. The first-order valence-corrected chi connectivity index (χ1v) is 8.31. The lowest BCUT2D eigenvalue weighted by atomic mass is 10.1. The predicted octanol–water partition coefficient (Wildman–Crippen LogP) is 5.34. The maximum atomic E-state index is 9.48. The summed E-state index contributed by atoms with van der Waals surface area (Å²) in [6.45, 7) is 5.89. The topological polar surface area (TPSA) is 64.5 Å². The van der Waals surface area contributed by atoms with Crippen LogP contribution in [0.1, 0.15) is 16.0 Å². The predicted molar refractivity (Wildman–Crippen MR) is 101 cm³/mol. The highest BCUT2D eigenvalue weighted by Crippen LogP contribution is 2.36. The maximum absolute atomic E-state index is 9.48. The van der Waals surface area contributed by atoms with E-state index in [1.165, 1.54) is 5.39 Å². The number of nitriles is 1. The molecule has 0 unspecified atom stereocenters. The molecule has 0 bridgehead atoms. The quantitative estimate of drug-likeness (QED) is 0.532. The van der Waals surface area contributed by atoms with Gasteiger partial charge in [-0.05, 0) is 36.8 Å². The molecule has 0 fully saturated rings. The van der Waals surface area contributed by atoms with Crippen molar-refractivity contribution in [3.8, 4) is 6.07 Å². The van der Waals surface area contributed by atoms with Gasteiger partial charge in [0.15, 0.2) is 0 Å². The first-order chi connectivity index (χ1) is 11.7. The van der Waals surface area contributed by atoms with Crippen LogP contribution in [-0.4, -0.2) is 9.97 Å². The highest BCUT2D eigenvalue weighted by molar-refractivity contribution is 7.19. The number of aromatic amines is 1. The molecule has 4 aromatic rings. The average Bonchev–Trinajstić information content (AvgIpc) is 3.24. The second kappa shape index (κ2) is 5.52. The van der Waals surface area contributed by atoms with Gasteiger partial charge in [0.1, 0.15) is 10.9 Å². The van der Waals surface area contributed by atoms with Crippen molar-refractivity contribution >= 4 is 49.9 Å². The number of H-pyrrole nitrogens is 1. The standard InChI is InChI=1S/C19H14N4S/c1-3-13-8-15-18(12(9-20)10-22-19(15)24-13)23-16-4-5-17-14(11(16)2)6-7-21-17/h3-8,10,21H,1H2,2H3,(H,22,23). The summed E-state index contributed by atoms with van der Waals surface area (Å²) in [5.74, 6) is 0. The Balaban J connectivity index is 1.91. The molecular formula is C19H14N4S. The molecule has 4 rings (SSSR count). The Morgan fingerprint density at radius 2 is 2.21 bits per heavy atom. The molecule has 0 radical (unpaired) electrons. The third-order valence-electron chi connectivity index (χ3n) is 4.17. The monoisotopic (exact) mass is 330 g/mol. The fourth-order valence-corrected chi connectivity index (χ4v) is 3.74. The van der Waals surface area contributed by atoms with Crippen LogP contribution in [0.5, 0.6) is 0 Å². The summed E-state index contributed by atoms with van der Waals surface area (Å²) in [4.78, 5) is 9.54. The Morgan fingerprint density at radius 1 is 1.33 bits per heavy atom. The zero-order chi connectivity index (χ0) is 16.7. The minimum atomic E-state index is 0.532. The second-order valence-corrected chi connectivity index (χ2v) is 6.59. The first kappa shape index (κ1) is 14.5. The molecule has 0 amide bonds. The van der Waals surface area contributed by atoms with Crippen LogP contribution in [-0.2, 0) is 0 Å². The summed E-state index contributed by atoms with van der Waals surface area (Å²) in [6.07, 6.45) is 5.36. The van der Waals surface area contributed by atoms with E-state index in [0.717, 1.165) is 37.5 Å². The number of rotatable bonds is 3. The molecular weight excluding hydrogens is 316 g/mol. The Labute approximate surface area is 143 Å². The van der Waals surface area contributed by atoms with Gasteiger partial charge >= 0.3 is 0 Å². The van der Waals surface area contributed by atoms with Crippen LogP contribution in [0.2, 0.25) is 0 Å². The summed E-state index contributed by atoms with van der Waals surface area (Å²) >= 11 is 1.57. The van der Waals surface area contributed by atoms with Crippen molar-refractivity contribution in [1.29, 1.82) is 5.26 Å². The number of thiophene rings is 1. The van der Waals surface area contributed by atoms with E-state index in [1.807, 2.05) is 24.4 Å². The molecule has 1 aromatic carbocycles. The Hall–Kier alpha value is -3.10. The van der Waals surface area contributed by atoms with Crippen molar-refractivity contribution in [2.24, 2.45) is 0 Å². The molecule has 24 heavy (non-hydrogen) atoms. The fourth-order valence-electron chi connectivity index (χ4n) is 2.88. The maximum Gasteiger partial charge on any atom is 0.125 e. The summed E-state index contributed by atoms with van der Waals surface area (Å²) in [6, 6.07) is 10.4. The van der Waals surface area contributed by atoms with Crippen molar-refractivity contribution in [3.05, 3.63) is 59.2 Å². The summed E-state index contributed by atoms with van der Waals surface area (Å²) in [5, 5.41) is 15.0. The number of benzene rings is 1. The average molecular weight is 330 g/mol. The molecule has 2 N–H and O–H groups in total. The van der Waals surface area contributed by atoms with Crippen LogP contribution in [0.4, 0.5) is 11.4 Å². The summed E-state index contributed by atoms with van der Waals surface area (Å²) in [5.41, 5.74) is 4.55. The zero-order valence-electron chi connectivity index (χ0n) is 13.1. The molecule has 3 aromatic heterocycles. The minimum absolute atomic E-state index is 0.532. The zero-order valence-corrected chi connectivity index (χ0v) is 13.9. The van der Waals surface area contributed by atoms with Gasteiger partial charge < -0.3 is 10.3 Å². The Kier molecular flexibility index (Phi) is 3.33. The molecule has 0 aliphatic heterocycles. The van der Waals surface area contributed by atoms with E-state index in [4.69, 9.17) is 0 Å². The van der Waals surface area contributed by atoms with E-state index in [0.29, 0.717) is 5.56 Å². The van der Waals surface area contributed by atoms with E-state index in [2.05, 4.69) is 40.9 Å². The van der Waals surface area contributed by atoms with Crippen molar-refractivity contribution < 1.29 is 0 Å². The third-order valence-corrected chi connectivity index (χ3v) is 5.20. The van der Waals surface area contributed by atoms with Crippen LogP contribution in [0.3, 0.4) is 0 Å². The minimum Gasteiger partial charge on any atom is -0.361 e. The summed E-state index contributed by atoms with van der Waals surface area (Å²) in [7, 11) is 0. The van der Waals surface area contributed by atoms with Crippen LogP contribution < -0.4 is 5.32 Å². The van der Waals surface area contributed by atoms with Crippen LogP contribution >= 0.6 is 11.3 Å². The van der Waals surface area contributed by atoms with Gasteiger partial charge in [-0.15, -0.1) is 11.3 Å². The lowest BCUT2D eigenvalue weighted by Crippen LogP contribution is -1.97. The number of aromatic nitrogens is 2. The number of fused-ring (bicyclic) bond motifs is 2. The van der Waals surface area contributed by atoms with Gasteiger partial charge in [-0.1, -0.05) is 12.7 Å². The van der Waals surface area contributed by atoms with Gasteiger partial charge in [0.2, 0.25) is 0 Å². The van der Waals surface area contributed by atoms with Crippen LogP contribution in [0.25, 0.3) is 27.2 Å². The molecule has 4 nitrogen and oxygen atoms in total. The van der Waals surface area contributed by atoms with E-state index in [-0.39, 0.29) is 0 Å². The third kappa shape index (κ3) is 2.16. The van der Waals surface area contributed by atoms with Crippen molar-refractivity contribution in [2.75, 3.05) is 5.32 Å². The van der Waals surface area contributed by atoms with Gasteiger partial charge in [-0.3, -0.25) is 0 Å². The van der Waals surface area contributed by atoms with E-state index >= 15 is 0 Å². The number of hydrogen-bond acceptors (Lipinski definition) is 4. The lowest BCUT2D eigenvalue weighted by molar-refractivity contribution is 1.38. The largest absolute Gasteiger partial charge is 0.361 e. The molecule has 5 heteroatoms. The lowest BCUT2D eigenvalue weighted by Gasteiger charge is -2.12. The van der Waals surface area contributed by atoms with Gasteiger partial charge in [-0.25, -0.2) is 4.98 Å². The van der Waals surface area contributed by atoms with E-state index in [1.54, 1.807) is 23.6 Å². The number of anilines is 2. The molecule has 0 saturated carbocycles. The summed E-state index contributed by atoms with van der Waals surface area (Å²) < 4.78 is 0. The van der Waals surface area contributed by atoms with Crippen molar-refractivity contribution in [1.82, 2.24) is 9.97 Å². The number of aryl methyl sites for hydroxylation is 1. The second-order valence-electron chi connectivity index (χ2n) is 5.53. The van der Waals surface area contributed by atoms with Gasteiger partial charge in [0.05, 0.1) is 11.3 Å². The van der Waals surface area contributed by atoms with Gasteiger partial charge in [0.25, 0.3) is 0 Å². The number of pyridine rings is 1. The first-order valence-electron chi connectivity index (χ1n) is 7.50. The SMILES string of the molecule is C=Cc1cc2c(Nc3ccc4[nH]ccc4c3C)c(C#N)cnc2s1. The molecule has 3 heterocycles. The molecule has 0 saturated heterocycles. The molecule has 116 valence electrons. The van der Waals surface area contributed by atoms with Crippen molar-refractivity contribution in [2.45, 2.75) is 6.92 Å². The van der Waals surface area contributed by atoms with Gasteiger partial charge in [-0.2, -0.15) is 5.26 Å². The highest BCUT2D eigenvalue weighted by atomic mass is 32.1. The Morgan fingerprint density at radius 3 is 3.00 bits per heavy atom. The normalized spacial score (nSPS) is 10.8. The number of nitrogens with zero attached hydrogens (tertiary/aromatic N) is 2. The highest BCUT2D eigenvalue weighted by Gasteiger charge is 2.13. The number of hydrogen-bond donors (Lipinski definition) is 2. The Bertz CT molecular complexity index is 1130. The van der Waals surface area contributed by atoms with Crippen molar-refractivity contribution in [3.63, 3.8) is 0 Å². The van der Waals surface area contributed by atoms with Crippen LogP contribution in [0.15, 0.2) is 43.2 Å². The van der Waals surface area contributed by atoms with E-state index in [9.17, 15) is 5.26 Å². The molecule has 0 spiro atoms. The molecule has 0 atom stereocenters. The van der Waals surface area contributed by atoms with E-state index < -0.39 is 0 Å². The molecule has 0 aliphatic rings. The van der Waals surface area contributed by atoms with Gasteiger partial charge in [0, 0.05) is 39.2 Å².